The van der Waals surface area contributed by atoms with Crippen molar-refractivity contribution in [3.05, 3.63) is 47.0 Å². The van der Waals surface area contributed by atoms with E-state index in [4.69, 9.17) is 5.11 Å². The Hall–Kier alpha value is -1.88. The first-order valence-electron chi connectivity index (χ1n) is 6.34. The fourth-order valence-corrected chi connectivity index (χ4v) is 1.92. The summed E-state index contributed by atoms with van der Waals surface area (Å²) in [6.07, 6.45) is 3.82. The fraction of sp³-hybridized carbons (Fsp3) is 0.357. The van der Waals surface area contributed by atoms with Crippen LogP contribution in [0.4, 0.5) is 4.39 Å². The molecule has 2 rings (SSSR count). The lowest BCUT2D eigenvalue weighted by Crippen LogP contribution is -2.15. The Labute approximate surface area is 111 Å². The van der Waals surface area contributed by atoms with Crippen molar-refractivity contribution in [1.29, 1.82) is 0 Å². The summed E-state index contributed by atoms with van der Waals surface area (Å²) in [4.78, 5) is 0. The van der Waals surface area contributed by atoms with Gasteiger partial charge in [-0.2, -0.15) is 5.10 Å². The number of hydrogen-bond acceptors (Lipinski definition) is 3. The molecule has 5 heteroatoms. The van der Waals surface area contributed by atoms with E-state index >= 15 is 0 Å². The molecule has 0 amide bonds. The molecule has 1 heterocycles. The molecular weight excluding hydrogens is 245 g/mol. The molecule has 0 fully saturated rings. The van der Waals surface area contributed by atoms with Gasteiger partial charge < -0.3 is 10.4 Å². The second-order valence-electron chi connectivity index (χ2n) is 4.59. The predicted molar refractivity (Wildman–Crippen MR) is 71.4 cm³/mol. The Morgan fingerprint density at radius 1 is 1.42 bits per heavy atom. The summed E-state index contributed by atoms with van der Waals surface area (Å²) < 4.78 is 13.1. The Bertz CT molecular complexity index is 539. The molecule has 0 spiro atoms. The highest BCUT2D eigenvalue weighted by Gasteiger charge is 2.02. The van der Waals surface area contributed by atoms with E-state index in [-0.39, 0.29) is 5.75 Å². The molecule has 0 aliphatic heterocycles. The van der Waals surface area contributed by atoms with Gasteiger partial charge in [0.25, 0.3) is 0 Å². The summed E-state index contributed by atoms with van der Waals surface area (Å²) in [7, 11) is 0. The lowest BCUT2D eigenvalue weighted by molar-refractivity contribution is 0.431. The average molecular weight is 263 g/mol. The minimum atomic E-state index is -0.576. The molecular formula is C14H18FN3O. The molecule has 0 radical (unpaired) electrons. The molecule has 19 heavy (non-hydrogen) atoms. The van der Waals surface area contributed by atoms with Gasteiger partial charge in [0.2, 0.25) is 0 Å². The van der Waals surface area contributed by atoms with Crippen LogP contribution in [0.5, 0.6) is 5.75 Å². The minimum Gasteiger partial charge on any atom is -0.505 e. The average Bonchev–Trinajstić information content (AvgIpc) is 2.79. The van der Waals surface area contributed by atoms with Crippen LogP contribution in [-0.2, 0) is 13.0 Å². The third-order valence-corrected chi connectivity index (χ3v) is 3.08. The highest BCUT2D eigenvalue weighted by atomic mass is 19.1. The minimum absolute atomic E-state index is 0.306. The van der Waals surface area contributed by atoms with Gasteiger partial charge >= 0.3 is 0 Å². The van der Waals surface area contributed by atoms with Crippen LogP contribution < -0.4 is 5.32 Å². The SMILES string of the molecule is Cc1[nH]ncc1CCCNCc1ccc(O)c(F)c1. The molecule has 4 nitrogen and oxygen atoms in total. The number of halogens is 1. The van der Waals surface area contributed by atoms with Gasteiger partial charge in [-0.1, -0.05) is 6.07 Å². The molecule has 0 unspecified atom stereocenters. The maximum Gasteiger partial charge on any atom is 0.165 e. The zero-order valence-electron chi connectivity index (χ0n) is 10.9. The standard InChI is InChI=1S/C14H18FN3O/c1-10-12(9-17-18-10)3-2-6-16-8-11-4-5-14(19)13(15)7-11/h4-5,7,9,16,19H,2-3,6,8H2,1H3,(H,17,18). The van der Waals surface area contributed by atoms with Gasteiger partial charge in [0, 0.05) is 12.2 Å². The number of nitrogens with zero attached hydrogens (tertiary/aromatic N) is 1. The molecule has 0 aliphatic rings. The lowest BCUT2D eigenvalue weighted by atomic mass is 10.1. The molecule has 0 atom stereocenters. The monoisotopic (exact) mass is 263 g/mol. The number of rotatable bonds is 6. The third kappa shape index (κ3) is 3.79. The molecule has 2 aromatic rings. The molecule has 1 aromatic carbocycles. The maximum absolute atomic E-state index is 13.1. The number of aromatic amines is 1. The first-order valence-corrected chi connectivity index (χ1v) is 6.34. The molecule has 0 aliphatic carbocycles. The van der Waals surface area contributed by atoms with E-state index in [1.54, 1.807) is 6.07 Å². The number of nitrogens with one attached hydrogen (secondary N) is 2. The van der Waals surface area contributed by atoms with Gasteiger partial charge in [0.15, 0.2) is 11.6 Å². The quantitative estimate of drug-likeness (QED) is 0.701. The summed E-state index contributed by atoms with van der Waals surface area (Å²) in [5, 5.41) is 19.2. The van der Waals surface area contributed by atoms with E-state index in [2.05, 4.69) is 15.5 Å². The molecule has 102 valence electrons. The van der Waals surface area contributed by atoms with Crippen molar-refractivity contribution in [1.82, 2.24) is 15.5 Å². The number of phenolic OH excluding ortho intramolecular Hbond substituents is 1. The van der Waals surface area contributed by atoms with Gasteiger partial charge in [-0.05, 0) is 49.6 Å². The molecule has 1 aromatic heterocycles. The van der Waals surface area contributed by atoms with Gasteiger partial charge in [0.05, 0.1) is 6.20 Å². The van der Waals surface area contributed by atoms with E-state index in [0.29, 0.717) is 6.54 Å². The summed E-state index contributed by atoms with van der Waals surface area (Å²) in [6, 6.07) is 4.44. The van der Waals surface area contributed by atoms with E-state index in [0.717, 1.165) is 30.6 Å². The highest BCUT2D eigenvalue weighted by Crippen LogP contribution is 2.15. The van der Waals surface area contributed by atoms with Crippen molar-refractivity contribution in [2.75, 3.05) is 6.54 Å². The lowest BCUT2D eigenvalue weighted by Gasteiger charge is -2.05. The van der Waals surface area contributed by atoms with E-state index < -0.39 is 5.82 Å². The molecule has 0 bridgehead atoms. The Morgan fingerprint density at radius 2 is 2.26 bits per heavy atom. The number of aromatic nitrogens is 2. The topological polar surface area (TPSA) is 60.9 Å². The number of aromatic hydroxyl groups is 1. The summed E-state index contributed by atoms with van der Waals surface area (Å²) in [5.41, 5.74) is 3.17. The number of aryl methyl sites for hydroxylation is 2. The highest BCUT2D eigenvalue weighted by molar-refractivity contribution is 5.27. The zero-order valence-corrected chi connectivity index (χ0v) is 10.9. The van der Waals surface area contributed by atoms with Crippen molar-refractivity contribution in [2.24, 2.45) is 0 Å². The third-order valence-electron chi connectivity index (χ3n) is 3.08. The van der Waals surface area contributed by atoms with Gasteiger partial charge in [-0.25, -0.2) is 4.39 Å². The maximum atomic E-state index is 13.1. The number of phenols is 1. The van der Waals surface area contributed by atoms with Crippen LogP contribution in [0.1, 0.15) is 23.2 Å². The molecule has 0 saturated carbocycles. The Morgan fingerprint density at radius 3 is 2.95 bits per heavy atom. The first kappa shape index (κ1) is 13.5. The summed E-state index contributed by atoms with van der Waals surface area (Å²) in [5.74, 6) is -0.882. The first-order chi connectivity index (χ1) is 9.16. The van der Waals surface area contributed by atoms with E-state index in [9.17, 15) is 4.39 Å². The normalized spacial score (nSPS) is 10.8. The molecule has 0 saturated heterocycles. The van der Waals surface area contributed by atoms with Crippen LogP contribution in [0.2, 0.25) is 0 Å². The zero-order chi connectivity index (χ0) is 13.7. The second kappa shape index (κ2) is 6.33. The van der Waals surface area contributed by atoms with E-state index in [1.165, 1.54) is 17.7 Å². The Balaban J connectivity index is 1.69. The molecule has 3 N–H and O–H groups in total. The van der Waals surface area contributed by atoms with Crippen LogP contribution >= 0.6 is 0 Å². The van der Waals surface area contributed by atoms with E-state index in [1.807, 2.05) is 13.1 Å². The van der Waals surface area contributed by atoms with Crippen molar-refractivity contribution in [3.8, 4) is 5.75 Å². The van der Waals surface area contributed by atoms with Crippen molar-refractivity contribution in [2.45, 2.75) is 26.3 Å². The second-order valence-corrected chi connectivity index (χ2v) is 4.59. The van der Waals surface area contributed by atoms with Gasteiger partial charge in [0.1, 0.15) is 0 Å². The van der Waals surface area contributed by atoms with Crippen LogP contribution in [0.25, 0.3) is 0 Å². The van der Waals surface area contributed by atoms with Crippen molar-refractivity contribution < 1.29 is 9.50 Å². The number of H-pyrrole nitrogens is 1. The number of benzene rings is 1. The van der Waals surface area contributed by atoms with Gasteiger partial charge in [-0.3, -0.25) is 5.10 Å². The van der Waals surface area contributed by atoms with Crippen LogP contribution in [0.3, 0.4) is 0 Å². The Kier molecular flexibility index (Phi) is 4.52. The fourth-order valence-electron chi connectivity index (χ4n) is 1.92. The van der Waals surface area contributed by atoms with Crippen molar-refractivity contribution >= 4 is 0 Å². The smallest absolute Gasteiger partial charge is 0.165 e. The van der Waals surface area contributed by atoms with Crippen LogP contribution in [-0.4, -0.2) is 21.8 Å². The summed E-state index contributed by atoms with van der Waals surface area (Å²) >= 11 is 0. The predicted octanol–water partition coefficient (Wildman–Crippen LogP) is 2.29. The summed E-state index contributed by atoms with van der Waals surface area (Å²) in [6.45, 7) is 3.46. The number of hydrogen-bond donors (Lipinski definition) is 3. The van der Waals surface area contributed by atoms with Crippen LogP contribution in [0, 0.1) is 12.7 Å². The van der Waals surface area contributed by atoms with Gasteiger partial charge in [-0.15, -0.1) is 0 Å². The van der Waals surface area contributed by atoms with Crippen molar-refractivity contribution in [3.63, 3.8) is 0 Å². The van der Waals surface area contributed by atoms with Crippen LogP contribution in [0.15, 0.2) is 24.4 Å². The largest absolute Gasteiger partial charge is 0.505 e.